The van der Waals surface area contributed by atoms with E-state index in [1.54, 1.807) is 0 Å². The Bertz CT molecular complexity index is 240. The molecule has 0 bridgehead atoms. The third kappa shape index (κ3) is 5.29. The van der Waals surface area contributed by atoms with Crippen LogP contribution in [-0.2, 0) is 18.4 Å². The number of hydrogen-bond acceptors (Lipinski definition) is 5. The van der Waals surface area contributed by atoms with Gasteiger partial charge in [-0.25, -0.2) is 0 Å². The lowest BCUT2D eigenvalue weighted by molar-refractivity contribution is -0.112. The number of carbonyl (C=O) groups excluding carboxylic acids is 1. The number of carbonyl (C=O) groups is 1. The highest BCUT2D eigenvalue weighted by Crippen LogP contribution is 2.45. The SMILES string of the molecule is COP(=O)(CC(=O)/C=C/CCO)OC. The lowest BCUT2D eigenvalue weighted by Gasteiger charge is -2.10. The van der Waals surface area contributed by atoms with Crippen LogP contribution in [0.1, 0.15) is 6.42 Å². The Morgan fingerprint density at radius 3 is 2.43 bits per heavy atom. The second kappa shape index (κ2) is 6.90. The van der Waals surface area contributed by atoms with Crippen molar-refractivity contribution in [2.24, 2.45) is 0 Å². The predicted molar refractivity (Wildman–Crippen MR) is 52.3 cm³/mol. The average molecular weight is 222 g/mol. The first-order valence-corrected chi connectivity index (χ1v) is 5.81. The molecule has 0 aliphatic rings. The third-order valence-electron chi connectivity index (χ3n) is 1.51. The summed E-state index contributed by atoms with van der Waals surface area (Å²) < 4.78 is 20.6. The van der Waals surface area contributed by atoms with Crippen LogP contribution in [0, 0.1) is 0 Å². The first kappa shape index (κ1) is 13.5. The first-order chi connectivity index (χ1) is 6.58. The van der Waals surface area contributed by atoms with E-state index in [0.717, 1.165) is 0 Å². The van der Waals surface area contributed by atoms with Crippen LogP contribution in [0.2, 0.25) is 0 Å². The third-order valence-corrected chi connectivity index (χ3v) is 3.32. The van der Waals surface area contributed by atoms with E-state index in [1.807, 2.05) is 0 Å². The summed E-state index contributed by atoms with van der Waals surface area (Å²) >= 11 is 0. The fraction of sp³-hybridized carbons (Fsp3) is 0.625. The van der Waals surface area contributed by atoms with Gasteiger partial charge in [0, 0.05) is 20.8 Å². The van der Waals surface area contributed by atoms with Gasteiger partial charge in [0.2, 0.25) is 0 Å². The second-order valence-electron chi connectivity index (χ2n) is 2.52. The largest absolute Gasteiger partial charge is 0.396 e. The van der Waals surface area contributed by atoms with Crippen molar-refractivity contribution in [2.75, 3.05) is 27.0 Å². The smallest absolute Gasteiger partial charge is 0.337 e. The molecule has 0 aromatic carbocycles. The monoisotopic (exact) mass is 222 g/mol. The fourth-order valence-electron chi connectivity index (χ4n) is 0.737. The lowest BCUT2D eigenvalue weighted by atomic mass is 10.3. The van der Waals surface area contributed by atoms with Gasteiger partial charge in [-0.15, -0.1) is 0 Å². The molecule has 0 aromatic rings. The van der Waals surface area contributed by atoms with Crippen molar-refractivity contribution < 1.29 is 23.5 Å². The van der Waals surface area contributed by atoms with Crippen LogP contribution < -0.4 is 0 Å². The van der Waals surface area contributed by atoms with Crippen molar-refractivity contribution in [3.63, 3.8) is 0 Å². The number of hydrogen-bond donors (Lipinski definition) is 1. The van der Waals surface area contributed by atoms with Crippen LogP contribution in [0.25, 0.3) is 0 Å². The highest BCUT2D eigenvalue weighted by atomic mass is 31.2. The van der Waals surface area contributed by atoms with E-state index in [2.05, 4.69) is 9.05 Å². The van der Waals surface area contributed by atoms with E-state index >= 15 is 0 Å². The van der Waals surface area contributed by atoms with Crippen molar-refractivity contribution >= 4 is 13.4 Å². The van der Waals surface area contributed by atoms with Gasteiger partial charge in [-0.05, 0) is 12.5 Å². The zero-order valence-corrected chi connectivity index (χ0v) is 9.20. The molecule has 0 aromatic heterocycles. The van der Waals surface area contributed by atoms with E-state index in [4.69, 9.17) is 5.11 Å². The number of aliphatic hydroxyl groups excluding tert-OH is 1. The van der Waals surface area contributed by atoms with Crippen LogP contribution in [0.15, 0.2) is 12.2 Å². The topological polar surface area (TPSA) is 72.8 Å². The molecule has 14 heavy (non-hydrogen) atoms. The van der Waals surface area contributed by atoms with Crippen molar-refractivity contribution in [2.45, 2.75) is 6.42 Å². The van der Waals surface area contributed by atoms with Crippen LogP contribution in [-0.4, -0.2) is 37.9 Å². The van der Waals surface area contributed by atoms with E-state index in [0.29, 0.717) is 6.42 Å². The molecule has 0 amide bonds. The van der Waals surface area contributed by atoms with Gasteiger partial charge in [0.25, 0.3) is 0 Å². The minimum absolute atomic E-state index is 0.0179. The van der Waals surface area contributed by atoms with Gasteiger partial charge in [-0.2, -0.15) is 0 Å². The molecule has 82 valence electrons. The Balaban J connectivity index is 4.11. The van der Waals surface area contributed by atoms with Gasteiger partial charge < -0.3 is 14.2 Å². The standard InChI is InChI=1S/C8H15O5P/c1-12-14(11,13-2)7-8(10)5-3-4-6-9/h3,5,9H,4,6-7H2,1-2H3/b5-3+. The van der Waals surface area contributed by atoms with Gasteiger partial charge in [0.05, 0.1) is 0 Å². The molecule has 0 rings (SSSR count). The highest BCUT2D eigenvalue weighted by molar-refractivity contribution is 7.54. The van der Waals surface area contributed by atoms with Crippen LogP contribution in [0.5, 0.6) is 0 Å². The van der Waals surface area contributed by atoms with Crippen LogP contribution in [0.4, 0.5) is 0 Å². The van der Waals surface area contributed by atoms with Crippen molar-refractivity contribution in [3.8, 4) is 0 Å². The molecular weight excluding hydrogens is 207 g/mol. The molecule has 0 aliphatic heterocycles. The summed E-state index contributed by atoms with van der Waals surface area (Å²) in [4.78, 5) is 11.2. The summed E-state index contributed by atoms with van der Waals surface area (Å²) in [6.45, 7) is -0.0179. The van der Waals surface area contributed by atoms with Crippen LogP contribution >= 0.6 is 7.60 Å². The zero-order valence-electron chi connectivity index (χ0n) is 8.30. The van der Waals surface area contributed by atoms with Gasteiger partial charge in [-0.3, -0.25) is 9.36 Å². The summed E-state index contributed by atoms with van der Waals surface area (Å²) in [7, 11) is -0.787. The maximum Gasteiger partial charge on any atom is 0.337 e. The van der Waals surface area contributed by atoms with Gasteiger partial charge in [0.15, 0.2) is 5.78 Å². The van der Waals surface area contributed by atoms with E-state index in [1.165, 1.54) is 26.4 Å². The fourth-order valence-corrected chi connectivity index (χ4v) is 1.63. The minimum atomic E-state index is -3.25. The predicted octanol–water partition coefficient (Wildman–Crippen LogP) is 0.980. The Labute approximate surface area is 83.3 Å². The first-order valence-electron chi connectivity index (χ1n) is 4.08. The summed E-state index contributed by atoms with van der Waals surface area (Å²) in [6.07, 6.45) is 2.90. The van der Waals surface area contributed by atoms with Gasteiger partial charge in [-0.1, -0.05) is 6.08 Å². The number of aliphatic hydroxyl groups is 1. The van der Waals surface area contributed by atoms with E-state index in [9.17, 15) is 9.36 Å². The molecule has 5 nitrogen and oxygen atoms in total. The normalized spacial score (nSPS) is 12.2. The van der Waals surface area contributed by atoms with Crippen LogP contribution in [0.3, 0.4) is 0 Å². The van der Waals surface area contributed by atoms with Gasteiger partial charge >= 0.3 is 7.60 Å². The molecule has 0 fully saturated rings. The quantitative estimate of drug-likeness (QED) is 0.513. The molecule has 6 heteroatoms. The Hall–Kier alpha value is -0.480. The average Bonchev–Trinajstić information content (AvgIpc) is 2.18. The number of rotatable bonds is 7. The summed E-state index contributed by atoms with van der Waals surface area (Å²) in [6, 6.07) is 0. The van der Waals surface area contributed by atoms with E-state index < -0.39 is 7.60 Å². The summed E-state index contributed by atoms with van der Waals surface area (Å²) in [5.41, 5.74) is 0. The molecular formula is C8H15O5P. The molecule has 0 unspecified atom stereocenters. The van der Waals surface area contributed by atoms with Gasteiger partial charge in [0.1, 0.15) is 6.16 Å². The maximum atomic E-state index is 11.4. The number of allylic oxidation sites excluding steroid dienone is 1. The second-order valence-corrected chi connectivity index (χ2v) is 4.78. The Morgan fingerprint density at radius 2 is 2.00 bits per heavy atom. The molecule has 0 saturated carbocycles. The highest BCUT2D eigenvalue weighted by Gasteiger charge is 2.23. The molecule has 1 N–H and O–H groups in total. The summed E-state index contributed by atoms with van der Waals surface area (Å²) in [5, 5.41) is 8.44. The molecule has 0 spiro atoms. The van der Waals surface area contributed by atoms with Crippen molar-refractivity contribution in [1.82, 2.24) is 0 Å². The molecule has 0 heterocycles. The van der Waals surface area contributed by atoms with E-state index in [-0.39, 0.29) is 18.6 Å². The number of ketones is 1. The Kier molecular flexibility index (Phi) is 6.66. The molecule has 0 atom stereocenters. The van der Waals surface area contributed by atoms with Crippen molar-refractivity contribution in [3.05, 3.63) is 12.2 Å². The zero-order chi connectivity index (χ0) is 11.0. The summed E-state index contributed by atoms with van der Waals surface area (Å²) in [5.74, 6) is -0.342. The minimum Gasteiger partial charge on any atom is -0.396 e. The molecule has 0 saturated heterocycles. The van der Waals surface area contributed by atoms with Crippen molar-refractivity contribution in [1.29, 1.82) is 0 Å². The molecule has 0 radical (unpaired) electrons. The Morgan fingerprint density at radius 1 is 1.43 bits per heavy atom. The maximum absolute atomic E-state index is 11.4. The lowest BCUT2D eigenvalue weighted by Crippen LogP contribution is -2.04. The molecule has 0 aliphatic carbocycles.